The maximum absolute atomic E-state index is 11.0. The largest absolute Gasteiger partial charge is 0.395 e. The van der Waals surface area contributed by atoms with Crippen molar-refractivity contribution >= 4 is 5.91 Å². The number of carbonyl (C=O) groups is 1. The highest BCUT2D eigenvalue weighted by Gasteiger charge is 2.06. The van der Waals surface area contributed by atoms with Gasteiger partial charge < -0.3 is 5.11 Å². The van der Waals surface area contributed by atoms with Gasteiger partial charge >= 0.3 is 0 Å². The molecule has 100 valence electrons. The lowest BCUT2D eigenvalue weighted by molar-refractivity contribution is -0.121. The Kier molecular flexibility index (Phi) is 7.01. The number of aliphatic hydroxyl groups excluding tert-OH is 1. The zero-order chi connectivity index (χ0) is 13.2. The zero-order valence-electron chi connectivity index (χ0n) is 10.5. The summed E-state index contributed by atoms with van der Waals surface area (Å²) in [5.74, 6) is 4.86. The minimum absolute atomic E-state index is 0.121. The third-order valence-electron chi connectivity index (χ3n) is 2.70. The summed E-state index contributed by atoms with van der Waals surface area (Å²) in [4.78, 5) is 13.1. The molecule has 4 N–H and O–H groups in total. The summed E-state index contributed by atoms with van der Waals surface area (Å²) in [6.07, 6.45) is 1.14. The molecule has 0 fully saturated rings. The number of rotatable bonds is 8. The molecule has 0 bridgehead atoms. The molecule has 0 aromatic heterocycles. The van der Waals surface area contributed by atoms with Gasteiger partial charge in [0, 0.05) is 19.5 Å². The van der Waals surface area contributed by atoms with E-state index >= 15 is 0 Å². The summed E-state index contributed by atoms with van der Waals surface area (Å²) in [5, 5.41) is 9.03. The van der Waals surface area contributed by atoms with Crippen molar-refractivity contribution < 1.29 is 9.90 Å². The highest BCUT2D eigenvalue weighted by molar-refractivity contribution is 5.75. The van der Waals surface area contributed by atoms with Crippen LogP contribution < -0.4 is 11.3 Å². The molecule has 0 aliphatic rings. The first kappa shape index (κ1) is 14.6. The van der Waals surface area contributed by atoms with E-state index < -0.39 is 0 Å². The summed E-state index contributed by atoms with van der Waals surface area (Å²) in [6, 6.07) is 10.1. The molecule has 1 rings (SSSR count). The normalized spacial score (nSPS) is 10.6. The second kappa shape index (κ2) is 8.63. The lowest BCUT2D eigenvalue weighted by Gasteiger charge is -2.21. The van der Waals surface area contributed by atoms with Gasteiger partial charge in [-0.2, -0.15) is 0 Å². The van der Waals surface area contributed by atoms with Crippen molar-refractivity contribution in [2.45, 2.75) is 19.4 Å². The van der Waals surface area contributed by atoms with E-state index in [1.54, 1.807) is 0 Å². The second-order valence-corrected chi connectivity index (χ2v) is 4.16. The molecule has 1 amide bonds. The highest BCUT2D eigenvalue weighted by atomic mass is 16.3. The molecule has 0 aliphatic carbocycles. The van der Waals surface area contributed by atoms with Crippen molar-refractivity contribution in [1.29, 1.82) is 0 Å². The van der Waals surface area contributed by atoms with Crippen LogP contribution in [0.2, 0.25) is 0 Å². The van der Waals surface area contributed by atoms with E-state index in [1.165, 1.54) is 5.56 Å². The van der Waals surface area contributed by atoms with Crippen molar-refractivity contribution in [3.63, 3.8) is 0 Å². The van der Waals surface area contributed by atoms with Crippen LogP contribution in [0.5, 0.6) is 0 Å². The number of hydrogen-bond donors (Lipinski definition) is 3. The summed E-state index contributed by atoms with van der Waals surface area (Å²) in [6.45, 7) is 2.28. The Morgan fingerprint density at radius 3 is 2.61 bits per heavy atom. The van der Waals surface area contributed by atoms with Crippen LogP contribution in [0, 0.1) is 0 Å². The quantitative estimate of drug-likeness (QED) is 0.351. The van der Waals surface area contributed by atoms with Crippen LogP contribution in [0.3, 0.4) is 0 Å². The lowest BCUT2D eigenvalue weighted by Crippen LogP contribution is -2.32. The van der Waals surface area contributed by atoms with Crippen LogP contribution in [0.4, 0.5) is 0 Å². The van der Waals surface area contributed by atoms with Gasteiger partial charge in [-0.1, -0.05) is 30.3 Å². The third kappa shape index (κ3) is 5.77. The molecule has 0 aliphatic heterocycles. The third-order valence-corrected chi connectivity index (χ3v) is 2.70. The van der Waals surface area contributed by atoms with Crippen molar-refractivity contribution in [3.8, 4) is 0 Å². The Labute approximate surface area is 108 Å². The number of aliphatic hydroxyl groups is 1. The molecule has 18 heavy (non-hydrogen) atoms. The number of nitrogens with zero attached hydrogens (tertiary/aromatic N) is 1. The number of nitrogens with two attached hydrogens (primary N) is 1. The van der Waals surface area contributed by atoms with Crippen LogP contribution >= 0.6 is 0 Å². The number of benzene rings is 1. The van der Waals surface area contributed by atoms with Crippen molar-refractivity contribution in [1.82, 2.24) is 10.3 Å². The van der Waals surface area contributed by atoms with E-state index in [4.69, 9.17) is 10.9 Å². The highest BCUT2D eigenvalue weighted by Crippen LogP contribution is 2.05. The van der Waals surface area contributed by atoms with Crippen LogP contribution in [0.1, 0.15) is 18.4 Å². The van der Waals surface area contributed by atoms with Crippen LogP contribution in [-0.2, 0) is 11.3 Å². The van der Waals surface area contributed by atoms with Gasteiger partial charge in [0.05, 0.1) is 6.61 Å². The predicted molar refractivity (Wildman–Crippen MR) is 70.4 cm³/mol. The second-order valence-electron chi connectivity index (χ2n) is 4.16. The summed E-state index contributed by atoms with van der Waals surface area (Å²) >= 11 is 0. The monoisotopic (exact) mass is 251 g/mol. The standard InChI is InChI=1S/C13H21N3O2/c14-15-13(18)7-4-8-16(9-10-17)11-12-5-2-1-3-6-12/h1-3,5-6,17H,4,7-11,14H2,(H,15,18). The predicted octanol–water partition coefficient (Wildman–Crippen LogP) is 0.251. The van der Waals surface area contributed by atoms with Crippen molar-refractivity contribution in [2.75, 3.05) is 19.7 Å². The topological polar surface area (TPSA) is 78.6 Å². The van der Waals surface area contributed by atoms with E-state index in [0.717, 1.165) is 19.5 Å². The Morgan fingerprint density at radius 1 is 1.28 bits per heavy atom. The molecule has 0 spiro atoms. The van der Waals surface area contributed by atoms with Crippen LogP contribution in [-0.4, -0.2) is 35.6 Å². The van der Waals surface area contributed by atoms with Gasteiger partial charge in [0.2, 0.25) is 5.91 Å². The van der Waals surface area contributed by atoms with Gasteiger partial charge in [-0.3, -0.25) is 15.1 Å². The van der Waals surface area contributed by atoms with Crippen LogP contribution in [0.25, 0.3) is 0 Å². The first-order valence-corrected chi connectivity index (χ1v) is 6.13. The molecular formula is C13H21N3O2. The number of amides is 1. The van der Waals surface area contributed by atoms with E-state index in [-0.39, 0.29) is 12.5 Å². The fraction of sp³-hybridized carbons (Fsp3) is 0.462. The smallest absolute Gasteiger partial charge is 0.233 e. The molecule has 5 nitrogen and oxygen atoms in total. The first-order chi connectivity index (χ1) is 8.76. The first-order valence-electron chi connectivity index (χ1n) is 6.13. The van der Waals surface area contributed by atoms with Gasteiger partial charge in [0.15, 0.2) is 0 Å². The number of carbonyl (C=O) groups excluding carboxylic acids is 1. The van der Waals surface area contributed by atoms with Gasteiger partial charge in [0.25, 0.3) is 0 Å². The fourth-order valence-corrected chi connectivity index (χ4v) is 1.79. The SMILES string of the molecule is NNC(=O)CCCN(CCO)Cc1ccccc1. The van der Waals surface area contributed by atoms with Crippen LogP contribution in [0.15, 0.2) is 30.3 Å². The Morgan fingerprint density at radius 2 is 2.00 bits per heavy atom. The molecular weight excluding hydrogens is 230 g/mol. The summed E-state index contributed by atoms with van der Waals surface area (Å²) < 4.78 is 0. The Bertz CT molecular complexity index is 343. The Hall–Kier alpha value is -1.43. The molecule has 0 unspecified atom stereocenters. The number of hydrazine groups is 1. The molecule has 0 heterocycles. The van der Waals surface area contributed by atoms with E-state index in [9.17, 15) is 4.79 Å². The molecule has 0 atom stereocenters. The molecule has 0 saturated carbocycles. The molecule has 0 saturated heterocycles. The van der Waals surface area contributed by atoms with E-state index in [2.05, 4.69) is 22.5 Å². The summed E-state index contributed by atoms with van der Waals surface area (Å²) in [5.41, 5.74) is 3.32. The Balaban J connectivity index is 2.37. The van der Waals surface area contributed by atoms with Gasteiger partial charge in [-0.25, -0.2) is 5.84 Å². The minimum Gasteiger partial charge on any atom is -0.395 e. The van der Waals surface area contributed by atoms with E-state index in [1.807, 2.05) is 18.2 Å². The summed E-state index contributed by atoms with van der Waals surface area (Å²) in [7, 11) is 0. The molecule has 1 aromatic carbocycles. The van der Waals surface area contributed by atoms with Crippen molar-refractivity contribution in [2.24, 2.45) is 5.84 Å². The maximum atomic E-state index is 11.0. The van der Waals surface area contributed by atoms with Crippen molar-refractivity contribution in [3.05, 3.63) is 35.9 Å². The maximum Gasteiger partial charge on any atom is 0.233 e. The average Bonchev–Trinajstić information content (AvgIpc) is 2.40. The zero-order valence-corrected chi connectivity index (χ0v) is 10.5. The molecule has 0 radical (unpaired) electrons. The minimum atomic E-state index is -0.154. The number of hydrogen-bond acceptors (Lipinski definition) is 4. The molecule has 5 heteroatoms. The van der Waals surface area contributed by atoms with Gasteiger partial charge in [-0.15, -0.1) is 0 Å². The van der Waals surface area contributed by atoms with Gasteiger partial charge in [-0.05, 0) is 18.5 Å². The number of nitrogens with one attached hydrogen (secondary N) is 1. The molecule has 1 aromatic rings. The fourth-order valence-electron chi connectivity index (χ4n) is 1.79. The lowest BCUT2D eigenvalue weighted by atomic mass is 10.2. The van der Waals surface area contributed by atoms with E-state index in [0.29, 0.717) is 13.0 Å². The van der Waals surface area contributed by atoms with Gasteiger partial charge in [0.1, 0.15) is 0 Å². The average molecular weight is 251 g/mol.